The normalized spacial score (nSPS) is 9.22. The van der Waals surface area contributed by atoms with Crippen LogP contribution in [0.25, 0.3) is 0 Å². The minimum Gasteiger partial charge on any atom is -0.480 e. The average molecular weight is 264 g/mol. The number of carboxylic acid groups (broad SMARTS) is 2. The fourth-order valence-corrected chi connectivity index (χ4v) is 1.06. The van der Waals surface area contributed by atoms with Crippen LogP contribution in [0.4, 0.5) is 0 Å². The first-order chi connectivity index (χ1) is 7.35. The molecule has 0 aromatic carbocycles. The lowest BCUT2D eigenvalue weighted by atomic mass is 9.86. The summed E-state index contributed by atoms with van der Waals surface area (Å²) in [6.45, 7) is 1.48. The molecule has 0 spiro atoms. The van der Waals surface area contributed by atoms with Gasteiger partial charge in [-0.3, -0.25) is 9.59 Å². The third-order valence-corrected chi connectivity index (χ3v) is 1.89. The van der Waals surface area contributed by atoms with Gasteiger partial charge >= 0.3 is 17.4 Å². The van der Waals surface area contributed by atoms with E-state index < -0.39 is 29.2 Å². The van der Waals surface area contributed by atoms with Gasteiger partial charge in [0.1, 0.15) is 0 Å². The number of nitrogens with one attached hydrogen (secondary N) is 2. The molecule has 0 aromatic heterocycles. The molecule has 8 heteroatoms. The molecule has 0 unspecified atom stereocenters. The summed E-state index contributed by atoms with van der Waals surface area (Å²) < 4.78 is 0. The van der Waals surface area contributed by atoms with Gasteiger partial charge in [0, 0.05) is 13.6 Å². The molecule has 0 saturated carbocycles. The van der Waals surface area contributed by atoms with Crippen LogP contribution in [-0.2, 0) is 19.2 Å². The van der Waals surface area contributed by atoms with Crippen molar-refractivity contribution in [3.05, 3.63) is 0 Å². The van der Waals surface area contributed by atoms with E-state index in [9.17, 15) is 19.2 Å². The van der Waals surface area contributed by atoms with E-state index in [1.54, 1.807) is 0 Å². The summed E-state index contributed by atoms with van der Waals surface area (Å²) >= 11 is 0. The second-order valence-electron chi connectivity index (χ2n) is 2.80. The average Bonchev–Trinajstić information content (AvgIpc) is 2.17. The number of amides is 2. The van der Waals surface area contributed by atoms with Crippen molar-refractivity contribution in [1.29, 1.82) is 0 Å². The van der Waals surface area contributed by atoms with Gasteiger partial charge < -0.3 is 20.8 Å². The Balaban J connectivity index is -0.00000112. The molecule has 0 saturated heterocycles. The van der Waals surface area contributed by atoms with E-state index in [0.717, 1.165) is 7.05 Å². The van der Waals surface area contributed by atoms with Crippen LogP contribution in [0.2, 0.25) is 0 Å². The van der Waals surface area contributed by atoms with Gasteiger partial charge in [0.25, 0.3) is 11.8 Å². The van der Waals surface area contributed by atoms with Crippen molar-refractivity contribution >= 4 is 23.8 Å². The Kier molecular flexibility index (Phi) is 9.47. The summed E-state index contributed by atoms with van der Waals surface area (Å²) in [7, 11) is 1.04. The van der Waals surface area contributed by atoms with E-state index in [1.165, 1.54) is 6.92 Å². The van der Waals surface area contributed by atoms with E-state index in [4.69, 9.17) is 10.2 Å². The molecule has 0 aliphatic heterocycles. The maximum Gasteiger partial charge on any atom is 0.340 e. The predicted octanol–water partition coefficient (Wildman–Crippen LogP) is -0.704. The number of carbonyl (C=O) groups excluding carboxylic acids is 2. The summed E-state index contributed by atoms with van der Waals surface area (Å²) in [4.78, 5) is 44.5. The van der Waals surface area contributed by atoms with E-state index >= 15 is 0 Å². The van der Waals surface area contributed by atoms with Crippen molar-refractivity contribution < 1.29 is 29.4 Å². The molecular formula is C10H20N2O6. The van der Waals surface area contributed by atoms with Crippen LogP contribution in [-0.4, -0.2) is 47.6 Å². The Morgan fingerprint density at radius 2 is 1.39 bits per heavy atom. The smallest absolute Gasteiger partial charge is 0.340 e. The van der Waals surface area contributed by atoms with Gasteiger partial charge in [0.15, 0.2) is 0 Å². The first-order valence-electron chi connectivity index (χ1n) is 4.32. The molecule has 0 atom stereocenters. The van der Waals surface area contributed by atoms with Gasteiger partial charge in [-0.1, -0.05) is 14.9 Å². The standard InChI is InChI=1S/C8H12N2O6.2CH4/c1-3-10-5(12)8(6(13)14,7(15)16)4(11)9-2;;/h3H2,1-2H3,(H,9,11)(H,10,12)(H,13,14)(H,15,16);2*1H4. The van der Waals surface area contributed by atoms with E-state index in [0.29, 0.717) is 0 Å². The highest BCUT2D eigenvalue weighted by molar-refractivity contribution is 6.34. The molecule has 106 valence electrons. The van der Waals surface area contributed by atoms with Gasteiger partial charge in [-0.05, 0) is 6.92 Å². The number of rotatable bonds is 5. The molecular weight excluding hydrogens is 244 g/mol. The third kappa shape index (κ3) is 3.19. The van der Waals surface area contributed by atoms with Crippen LogP contribution in [0.5, 0.6) is 0 Å². The van der Waals surface area contributed by atoms with Crippen molar-refractivity contribution in [1.82, 2.24) is 10.6 Å². The topological polar surface area (TPSA) is 133 Å². The summed E-state index contributed by atoms with van der Waals surface area (Å²) in [6, 6.07) is 0. The Bertz CT molecular complexity index is 325. The minimum atomic E-state index is -3.15. The monoisotopic (exact) mass is 264 g/mol. The fourth-order valence-electron chi connectivity index (χ4n) is 1.06. The van der Waals surface area contributed by atoms with Crippen molar-refractivity contribution in [2.75, 3.05) is 13.6 Å². The van der Waals surface area contributed by atoms with Crippen LogP contribution >= 0.6 is 0 Å². The molecule has 0 bridgehead atoms. The summed E-state index contributed by atoms with van der Waals surface area (Å²) in [6.07, 6.45) is 0. The van der Waals surface area contributed by atoms with Crippen molar-refractivity contribution in [2.24, 2.45) is 5.41 Å². The van der Waals surface area contributed by atoms with Crippen LogP contribution in [0.15, 0.2) is 0 Å². The minimum absolute atomic E-state index is 0. The predicted molar refractivity (Wildman–Crippen MR) is 63.9 cm³/mol. The highest BCUT2D eigenvalue weighted by Crippen LogP contribution is 2.19. The first kappa shape index (κ1) is 21.2. The van der Waals surface area contributed by atoms with Gasteiger partial charge in [-0.15, -0.1) is 0 Å². The molecule has 0 fully saturated rings. The quantitative estimate of drug-likeness (QED) is 0.485. The van der Waals surface area contributed by atoms with Crippen LogP contribution < -0.4 is 10.6 Å². The second-order valence-corrected chi connectivity index (χ2v) is 2.80. The third-order valence-electron chi connectivity index (χ3n) is 1.89. The van der Waals surface area contributed by atoms with Crippen molar-refractivity contribution in [3.63, 3.8) is 0 Å². The largest absolute Gasteiger partial charge is 0.480 e. The zero-order valence-electron chi connectivity index (χ0n) is 8.73. The number of hydrogen-bond donors (Lipinski definition) is 4. The molecule has 0 rings (SSSR count). The zero-order chi connectivity index (χ0) is 12.9. The fraction of sp³-hybridized carbons (Fsp3) is 0.600. The number of hydrogen-bond acceptors (Lipinski definition) is 4. The molecule has 0 heterocycles. The first-order valence-corrected chi connectivity index (χ1v) is 4.32. The maximum absolute atomic E-state index is 11.4. The molecule has 0 aromatic rings. The number of carbonyl (C=O) groups is 4. The van der Waals surface area contributed by atoms with Gasteiger partial charge in [0.2, 0.25) is 0 Å². The molecule has 18 heavy (non-hydrogen) atoms. The molecule has 0 aliphatic carbocycles. The summed E-state index contributed by atoms with van der Waals surface area (Å²) in [5, 5.41) is 21.4. The number of aliphatic carboxylic acids is 2. The maximum atomic E-state index is 11.4. The Hall–Kier alpha value is -2.12. The lowest BCUT2D eigenvalue weighted by Crippen LogP contribution is -2.60. The van der Waals surface area contributed by atoms with Gasteiger partial charge in [0.05, 0.1) is 0 Å². The van der Waals surface area contributed by atoms with E-state index in [1.807, 2.05) is 10.6 Å². The van der Waals surface area contributed by atoms with Crippen LogP contribution in [0.3, 0.4) is 0 Å². The SMILES string of the molecule is C.C.CCNC(=O)C(C(=O)O)(C(=O)O)C(=O)NC. The Morgan fingerprint density at radius 3 is 1.61 bits per heavy atom. The summed E-state index contributed by atoms with van der Waals surface area (Å²) in [5.41, 5.74) is -3.15. The molecule has 0 radical (unpaired) electrons. The number of carboxylic acids is 2. The second kappa shape index (κ2) is 8.04. The highest BCUT2D eigenvalue weighted by Gasteiger charge is 2.60. The Labute approximate surface area is 105 Å². The Morgan fingerprint density at radius 1 is 1.00 bits per heavy atom. The lowest BCUT2D eigenvalue weighted by molar-refractivity contribution is -0.172. The zero-order valence-corrected chi connectivity index (χ0v) is 8.73. The molecule has 0 aliphatic rings. The van der Waals surface area contributed by atoms with Crippen molar-refractivity contribution in [2.45, 2.75) is 21.8 Å². The molecule has 8 nitrogen and oxygen atoms in total. The van der Waals surface area contributed by atoms with E-state index in [-0.39, 0.29) is 21.4 Å². The van der Waals surface area contributed by atoms with Crippen LogP contribution in [0, 0.1) is 5.41 Å². The molecule has 2 amide bonds. The van der Waals surface area contributed by atoms with Crippen molar-refractivity contribution in [3.8, 4) is 0 Å². The van der Waals surface area contributed by atoms with Crippen LogP contribution in [0.1, 0.15) is 21.8 Å². The molecule has 4 N–H and O–H groups in total. The van der Waals surface area contributed by atoms with Gasteiger partial charge in [-0.25, -0.2) is 9.59 Å². The van der Waals surface area contributed by atoms with E-state index in [2.05, 4.69) is 0 Å². The highest BCUT2D eigenvalue weighted by atomic mass is 16.4. The lowest BCUT2D eigenvalue weighted by Gasteiger charge is -2.21. The summed E-state index contributed by atoms with van der Waals surface area (Å²) in [5.74, 6) is -6.86. The van der Waals surface area contributed by atoms with Gasteiger partial charge in [-0.2, -0.15) is 0 Å².